The van der Waals surface area contributed by atoms with Crippen LogP contribution >= 0.6 is 58.0 Å². The van der Waals surface area contributed by atoms with Gasteiger partial charge >= 0.3 is 0 Å². The first-order valence-electron chi connectivity index (χ1n) is 4.88. The molecule has 0 spiro atoms. The lowest BCUT2D eigenvalue weighted by atomic mass is 10.0. The number of hydrogen-bond donors (Lipinski definition) is 0. The molecule has 0 saturated heterocycles. The van der Waals surface area contributed by atoms with Gasteiger partial charge in [-0.2, -0.15) is 0 Å². The maximum absolute atomic E-state index is 11.6. The number of halogens is 5. The van der Waals surface area contributed by atoms with Crippen molar-refractivity contribution in [3.63, 3.8) is 0 Å². The van der Waals surface area contributed by atoms with Crippen LogP contribution in [0.1, 0.15) is 5.56 Å². The molecule has 95 valence electrons. The molecule has 6 heteroatoms. The van der Waals surface area contributed by atoms with Crippen LogP contribution in [0.4, 0.5) is 0 Å². The van der Waals surface area contributed by atoms with Crippen molar-refractivity contribution in [1.82, 2.24) is 0 Å². The quantitative estimate of drug-likeness (QED) is 0.567. The van der Waals surface area contributed by atoms with Gasteiger partial charge in [0.25, 0.3) is 0 Å². The Morgan fingerprint density at radius 1 is 0.889 bits per heavy atom. The Labute approximate surface area is 129 Å². The molecule has 2 aromatic carbocycles. The first kappa shape index (κ1) is 14.4. The highest BCUT2D eigenvalue weighted by Crippen LogP contribution is 2.53. The minimum atomic E-state index is -1.88. The van der Waals surface area contributed by atoms with Crippen LogP contribution in [0.2, 0.25) is 0 Å². The highest BCUT2D eigenvalue weighted by atomic mass is 35.6. The molecule has 18 heavy (non-hydrogen) atoms. The van der Waals surface area contributed by atoms with Gasteiger partial charge in [-0.3, -0.25) is 5.11 Å². The SMILES string of the molecule is [O]c1cccc2cc(C(Cl)(Cl)C(Cl)(Cl)Cl)ccc12. The maximum Gasteiger partial charge on any atom is 0.227 e. The highest BCUT2D eigenvalue weighted by molar-refractivity contribution is 6.75. The van der Waals surface area contributed by atoms with E-state index in [1.54, 1.807) is 30.3 Å². The summed E-state index contributed by atoms with van der Waals surface area (Å²) in [5.41, 5.74) is 0.420. The Morgan fingerprint density at radius 2 is 1.56 bits per heavy atom. The van der Waals surface area contributed by atoms with Crippen molar-refractivity contribution >= 4 is 68.8 Å². The number of benzene rings is 2. The third kappa shape index (κ3) is 2.48. The second kappa shape index (κ2) is 4.81. The first-order valence-corrected chi connectivity index (χ1v) is 6.77. The summed E-state index contributed by atoms with van der Waals surface area (Å²) in [5, 5.41) is 12.9. The van der Waals surface area contributed by atoms with Gasteiger partial charge in [-0.05, 0) is 23.1 Å². The fraction of sp³-hybridized carbons (Fsp3) is 0.167. The molecule has 0 atom stereocenters. The van der Waals surface area contributed by atoms with Gasteiger partial charge in [-0.25, -0.2) is 0 Å². The fourth-order valence-corrected chi connectivity index (χ4v) is 2.18. The molecule has 0 amide bonds. The van der Waals surface area contributed by atoms with Crippen molar-refractivity contribution in [1.29, 1.82) is 0 Å². The van der Waals surface area contributed by atoms with E-state index in [2.05, 4.69) is 0 Å². The Morgan fingerprint density at radius 3 is 2.17 bits per heavy atom. The molecule has 0 saturated carbocycles. The molecule has 0 N–H and O–H groups in total. The topological polar surface area (TPSA) is 19.9 Å². The molecule has 0 fully saturated rings. The summed E-state index contributed by atoms with van der Waals surface area (Å²) in [4.78, 5) is 0. The van der Waals surface area contributed by atoms with E-state index >= 15 is 0 Å². The first-order chi connectivity index (χ1) is 8.23. The van der Waals surface area contributed by atoms with Crippen LogP contribution in [-0.2, 0) is 9.44 Å². The Hall–Kier alpha value is -0.0500. The van der Waals surface area contributed by atoms with E-state index in [0.717, 1.165) is 0 Å². The molecule has 0 unspecified atom stereocenters. The largest absolute Gasteiger partial charge is 0.289 e. The van der Waals surface area contributed by atoms with Crippen LogP contribution in [0, 0.1) is 0 Å². The van der Waals surface area contributed by atoms with E-state index in [0.29, 0.717) is 16.3 Å². The lowest BCUT2D eigenvalue weighted by molar-refractivity contribution is 0.360. The van der Waals surface area contributed by atoms with Crippen molar-refractivity contribution in [2.45, 2.75) is 8.13 Å². The van der Waals surface area contributed by atoms with Gasteiger partial charge < -0.3 is 0 Å². The van der Waals surface area contributed by atoms with Crippen LogP contribution in [0.25, 0.3) is 10.8 Å². The van der Waals surface area contributed by atoms with Crippen molar-refractivity contribution < 1.29 is 5.11 Å². The standard InChI is InChI=1S/C12H6Cl5O/c13-11(14,12(15,16)17)8-4-5-9-7(6-8)2-1-3-10(9)18/h1-6H. The minimum Gasteiger partial charge on any atom is -0.289 e. The van der Waals surface area contributed by atoms with E-state index in [1.165, 1.54) is 6.07 Å². The zero-order chi connectivity index (χ0) is 13.6. The van der Waals surface area contributed by atoms with Crippen molar-refractivity contribution in [3.8, 4) is 5.75 Å². The average molecular weight is 343 g/mol. The van der Waals surface area contributed by atoms with Gasteiger partial charge in [-0.15, -0.1) is 0 Å². The fourth-order valence-electron chi connectivity index (χ4n) is 1.61. The van der Waals surface area contributed by atoms with Crippen LogP contribution in [-0.4, -0.2) is 3.79 Å². The number of alkyl halides is 5. The summed E-state index contributed by atoms with van der Waals surface area (Å²) >= 11 is 29.4. The molecule has 0 aliphatic rings. The minimum absolute atomic E-state index is 0.0809. The number of rotatable bonds is 1. The smallest absolute Gasteiger partial charge is 0.227 e. The average Bonchev–Trinajstić information content (AvgIpc) is 2.27. The third-order valence-corrected chi connectivity index (χ3v) is 4.99. The molecule has 0 heterocycles. The molecule has 2 rings (SSSR count). The van der Waals surface area contributed by atoms with Gasteiger partial charge in [0.1, 0.15) is 0 Å². The van der Waals surface area contributed by atoms with Crippen molar-refractivity contribution in [2.24, 2.45) is 0 Å². The van der Waals surface area contributed by atoms with Gasteiger partial charge in [0.05, 0.1) is 0 Å². The maximum atomic E-state index is 11.6. The van der Waals surface area contributed by atoms with Gasteiger partial charge in [0.2, 0.25) is 3.79 Å². The second-order valence-corrected chi connectivity index (χ2v) is 7.37. The normalized spacial score (nSPS) is 12.9. The predicted octanol–water partition coefficient (Wildman–Crippen LogP) is 5.98. The van der Waals surface area contributed by atoms with Crippen LogP contribution in [0.3, 0.4) is 0 Å². The monoisotopic (exact) mass is 341 g/mol. The van der Waals surface area contributed by atoms with E-state index in [9.17, 15) is 5.11 Å². The Balaban J connectivity index is 2.62. The summed E-state index contributed by atoms with van der Waals surface area (Å²) in [7, 11) is 0. The van der Waals surface area contributed by atoms with E-state index in [4.69, 9.17) is 58.0 Å². The summed E-state index contributed by atoms with van der Waals surface area (Å²) in [5.74, 6) is -0.0809. The molecule has 0 aromatic heterocycles. The summed E-state index contributed by atoms with van der Waals surface area (Å²) < 4.78 is -3.57. The summed E-state index contributed by atoms with van der Waals surface area (Å²) in [6.07, 6.45) is 0. The van der Waals surface area contributed by atoms with Crippen LogP contribution in [0.5, 0.6) is 5.75 Å². The highest BCUT2D eigenvalue weighted by Gasteiger charge is 2.47. The lowest BCUT2D eigenvalue weighted by Gasteiger charge is -2.27. The molecule has 0 aliphatic heterocycles. The molecule has 2 aromatic rings. The van der Waals surface area contributed by atoms with Gasteiger partial charge in [-0.1, -0.05) is 82.3 Å². The van der Waals surface area contributed by atoms with Crippen LogP contribution in [0.15, 0.2) is 36.4 Å². The zero-order valence-corrected chi connectivity index (χ0v) is 12.5. The lowest BCUT2D eigenvalue weighted by Crippen LogP contribution is -2.28. The Bertz CT molecular complexity index is 589. The van der Waals surface area contributed by atoms with Crippen LogP contribution < -0.4 is 0 Å². The zero-order valence-electron chi connectivity index (χ0n) is 8.76. The van der Waals surface area contributed by atoms with Gasteiger partial charge in [0, 0.05) is 5.39 Å². The third-order valence-electron chi connectivity index (χ3n) is 2.56. The van der Waals surface area contributed by atoms with Gasteiger partial charge in [0.15, 0.2) is 10.1 Å². The molecule has 1 radical (unpaired) electrons. The predicted molar refractivity (Wildman–Crippen MR) is 77.8 cm³/mol. The Kier molecular flexibility index (Phi) is 3.84. The molecule has 1 nitrogen and oxygen atoms in total. The molecule has 0 aliphatic carbocycles. The molecular formula is C12H6Cl5O. The van der Waals surface area contributed by atoms with E-state index < -0.39 is 8.13 Å². The summed E-state index contributed by atoms with van der Waals surface area (Å²) in [6.45, 7) is 0. The van der Waals surface area contributed by atoms with Crippen molar-refractivity contribution in [2.75, 3.05) is 0 Å². The number of fused-ring (bicyclic) bond motifs is 1. The summed E-state index contributed by atoms with van der Waals surface area (Å²) in [6, 6.07) is 9.72. The molecular weight excluding hydrogens is 337 g/mol. The molecule has 0 bridgehead atoms. The van der Waals surface area contributed by atoms with E-state index in [1.807, 2.05) is 0 Å². The number of hydrogen-bond acceptors (Lipinski definition) is 0. The van der Waals surface area contributed by atoms with E-state index in [-0.39, 0.29) is 5.75 Å². The van der Waals surface area contributed by atoms with Crippen molar-refractivity contribution in [3.05, 3.63) is 42.0 Å². The second-order valence-electron chi connectivity index (χ2n) is 3.76.